The summed E-state index contributed by atoms with van der Waals surface area (Å²) < 4.78 is 17.8. The van der Waals surface area contributed by atoms with E-state index in [4.69, 9.17) is 30.5 Å². The molecule has 24 N–H and O–H groups in total. The highest BCUT2D eigenvalue weighted by Gasteiger charge is 2.51. The maximum Gasteiger partial charge on any atom is 0.305 e. The van der Waals surface area contributed by atoms with E-state index in [2.05, 4.69) is 93.5 Å². The second-order valence-corrected chi connectivity index (χ2v) is 35.3. The number of aromatic nitrogens is 6. The van der Waals surface area contributed by atoms with Gasteiger partial charge < -0.3 is 139 Å². The maximum absolute atomic E-state index is 15.5. The fraction of sp³-hybridized carbons (Fsp3) is 0.457. The number of benzene rings is 4. The van der Waals surface area contributed by atoms with Crippen molar-refractivity contribution in [1.82, 2.24) is 93.3 Å². The van der Waals surface area contributed by atoms with E-state index in [0.717, 1.165) is 0 Å². The first-order chi connectivity index (χ1) is 67.1. The molecule has 140 heavy (non-hydrogen) atoms. The third-order valence-electron chi connectivity index (χ3n) is 25.6. The number of rotatable bonds is 46. The Morgan fingerprint density at radius 1 is 0.643 bits per heavy atom. The number of unbranched alkanes of at least 4 members (excludes halogenated alkanes) is 2. The molecule has 7 heterocycles. The molecule has 0 saturated carbocycles. The van der Waals surface area contributed by atoms with E-state index in [-0.39, 0.29) is 167 Å². The second-order valence-electron chi connectivity index (χ2n) is 35.3. The van der Waals surface area contributed by atoms with Gasteiger partial charge in [-0.25, -0.2) is 9.97 Å². The number of phenols is 2. The summed E-state index contributed by atoms with van der Waals surface area (Å²) >= 11 is 0. The van der Waals surface area contributed by atoms with Gasteiger partial charge in [-0.2, -0.15) is 0 Å². The number of phenolic OH excluding ortho intramolecular Hbond substituents is 2. The van der Waals surface area contributed by atoms with Crippen LogP contribution in [-0.4, -0.2) is 285 Å². The van der Waals surface area contributed by atoms with Crippen LogP contribution >= 0.6 is 0 Å². The van der Waals surface area contributed by atoms with Crippen LogP contribution < -0.4 is 74.7 Å². The minimum Gasteiger partial charge on any atom is -0.507 e. The molecule has 2 aliphatic carbocycles. The Balaban J connectivity index is 0.718. The van der Waals surface area contributed by atoms with Crippen molar-refractivity contribution < 1.29 is 121 Å². The van der Waals surface area contributed by atoms with Crippen molar-refractivity contribution in [2.75, 3.05) is 39.9 Å². The number of amides is 13. The zero-order chi connectivity index (χ0) is 100. The van der Waals surface area contributed by atoms with E-state index in [1.165, 1.54) is 62.2 Å². The van der Waals surface area contributed by atoms with Crippen LogP contribution in [0.3, 0.4) is 0 Å². The zero-order valence-corrected chi connectivity index (χ0v) is 77.2. The van der Waals surface area contributed by atoms with E-state index < -0.39 is 235 Å². The summed E-state index contributed by atoms with van der Waals surface area (Å²) in [6.07, 6.45) is 1.32. The summed E-state index contributed by atoms with van der Waals surface area (Å²) in [6, 6.07) is 3.62. The smallest absolute Gasteiger partial charge is 0.305 e. The number of primary amides is 1. The van der Waals surface area contributed by atoms with Gasteiger partial charge in [0.2, 0.25) is 76.7 Å². The molecule has 15 atom stereocenters. The Morgan fingerprint density at radius 2 is 1.19 bits per heavy atom. The van der Waals surface area contributed by atoms with Gasteiger partial charge in [0.05, 0.1) is 73.4 Å². The molecule has 8 aromatic rings. The van der Waals surface area contributed by atoms with Crippen LogP contribution in [0.4, 0.5) is 0 Å². The molecular formula is C94H115N21O25. The van der Waals surface area contributed by atoms with Gasteiger partial charge in [-0.15, -0.1) is 0 Å². The third-order valence-corrected chi connectivity index (χ3v) is 25.6. The molecule has 13 amide bonds. The SMILES string of the molecule is CCC(=O)NCCCC[C@H](NC(=O)[C@H](Cc1c[nH]c2ccccc12)NC(=O)[C@H](Cc1cnc[nH]1)NC(=O)[C@@H]1CCC(=O)N1)C(=O)N[C@@H](Cc1cnc[nH]1)C(=O)N[C@@H](CC(=O)O)C(=O)N[C@@H](Cc1c[nH]c2ccccc12)C(=O)N[C@@H](CCCCNC(=O)CO/N=C(\C)[C@]1(O)Cc2c(O)c3c(c(O)c2[C@@H](O[C@H]2C[C@H](N)[C@H](O)[C@H](C)O2)C1)C(=O)c1c(OC)cccc1C3=O)C(=O)N1CCC[C@H]1C(=O)NCC(N)=O. The van der Waals surface area contributed by atoms with Crippen LogP contribution in [0.25, 0.3) is 21.8 Å². The van der Waals surface area contributed by atoms with E-state index in [9.17, 15) is 73.5 Å². The van der Waals surface area contributed by atoms with Crippen LogP contribution in [-0.2, 0) is 114 Å². The molecule has 0 unspecified atom stereocenters. The number of imidazole rings is 2. The molecule has 4 aromatic heterocycles. The summed E-state index contributed by atoms with van der Waals surface area (Å²) in [6.45, 7) is 3.19. The highest BCUT2D eigenvalue weighted by atomic mass is 16.7. The van der Waals surface area contributed by atoms with Crippen molar-refractivity contribution in [3.05, 3.63) is 160 Å². The molecule has 0 bridgehead atoms. The number of carboxylic acid groups (broad SMARTS) is 1. The first-order valence-corrected chi connectivity index (χ1v) is 46.2. The highest BCUT2D eigenvalue weighted by Crippen LogP contribution is 2.53. The van der Waals surface area contributed by atoms with E-state index in [1.54, 1.807) is 74.8 Å². The normalized spacial score (nSPS) is 20.3. The van der Waals surface area contributed by atoms with E-state index in [0.29, 0.717) is 38.6 Å². The number of aliphatic carboxylic acids is 1. The van der Waals surface area contributed by atoms with Crippen LogP contribution in [0.15, 0.2) is 109 Å². The number of aromatic hydroxyl groups is 2. The fourth-order valence-corrected chi connectivity index (χ4v) is 18.1. The van der Waals surface area contributed by atoms with Gasteiger partial charge in [-0.05, 0) is 101 Å². The molecule has 0 radical (unpaired) electrons. The molecule has 746 valence electrons. The lowest BCUT2D eigenvalue weighted by Crippen LogP contribution is -2.61. The Kier molecular flexibility index (Phi) is 33.9. The quantitative estimate of drug-likeness (QED) is 0.00935. The summed E-state index contributed by atoms with van der Waals surface area (Å²) in [4.78, 5) is 253. The van der Waals surface area contributed by atoms with Gasteiger partial charge in [-0.3, -0.25) is 76.7 Å². The molecule has 46 heteroatoms. The number of ketones is 2. The van der Waals surface area contributed by atoms with Crippen molar-refractivity contribution in [2.24, 2.45) is 16.6 Å². The number of aromatic amines is 4. The average Bonchev–Trinajstić information content (AvgIpc) is 1.05. The third kappa shape index (κ3) is 24.9. The molecule has 0 spiro atoms. The van der Waals surface area contributed by atoms with Crippen molar-refractivity contribution >= 4 is 122 Å². The predicted octanol–water partition coefficient (Wildman–Crippen LogP) is -1.07. The second kappa shape index (κ2) is 46.4. The van der Waals surface area contributed by atoms with Crippen LogP contribution in [0.1, 0.15) is 182 Å². The number of methoxy groups -OCH3 is 1. The number of nitrogens with two attached hydrogens (primary N) is 2. The number of aliphatic hydroxyl groups is 2. The largest absolute Gasteiger partial charge is 0.507 e. The van der Waals surface area contributed by atoms with Crippen molar-refractivity contribution in [3.63, 3.8) is 0 Å². The monoisotopic (exact) mass is 1940 g/mol. The lowest BCUT2D eigenvalue weighted by atomic mass is 9.72. The summed E-state index contributed by atoms with van der Waals surface area (Å²) in [5, 5.41) is 92.6. The van der Waals surface area contributed by atoms with Crippen molar-refractivity contribution in [2.45, 2.75) is 233 Å². The molecule has 3 aliphatic heterocycles. The van der Waals surface area contributed by atoms with E-state index >= 15 is 28.8 Å². The lowest BCUT2D eigenvalue weighted by Gasteiger charge is -2.42. The number of carbonyl (C=O) groups excluding carboxylic acids is 15. The van der Waals surface area contributed by atoms with Crippen molar-refractivity contribution in [1.29, 1.82) is 0 Å². The lowest BCUT2D eigenvalue weighted by molar-refractivity contribution is -0.245. The number of oxime groups is 1. The van der Waals surface area contributed by atoms with Gasteiger partial charge in [0.25, 0.3) is 5.91 Å². The number of ether oxygens (including phenoxy) is 3. The molecule has 3 saturated heterocycles. The Hall–Kier alpha value is -15.0. The van der Waals surface area contributed by atoms with Gasteiger partial charge in [-0.1, -0.05) is 60.6 Å². The highest BCUT2D eigenvalue weighted by molar-refractivity contribution is 6.31. The number of nitrogens with zero attached hydrogens (tertiary/aromatic N) is 4. The maximum atomic E-state index is 15.5. The molecule has 3 fully saturated rings. The molecule has 13 rings (SSSR count). The van der Waals surface area contributed by atoms with Crippen LogP contribution in [0, 0.1) is 0 Å². The number of carboxylic acids is 1. The minimum absolute atomic E-state index is 0.0194. The molecule has 5 aliphatic rings. The first-order valence-electron chi connectivity index (χ1n) is 46.2. The van der Waals surface area contributed by atoms with Gasteiger partial charge in [0.1, 0.15) is 77.2 Å². The number of nitrogens with one attached hydrogen (secondary N) is 15. The first kappa shape index (κ1) is 102. The Bertz CT molecular complexity index is 5990. The summed E-state index contributed by atoms with van der Waals surface area (Å²) in [7, 11) is 1.29. The topological polar surface area (TPSA) is 700 Å². The number of carbonyl (C=O) groups is 16. The predicted molar refractivity (Wildman–Crippen MR) is 495 cm³/mol. The molecular weight excluding hydrogens is 1820 g/mol. The number of fused-ring (bicyclic) bond motifs is 5. The molecule has 4 aromatic carbocycles. The number of likely N-dealkylation sites (tertiary alicyclic amines) is 1. The number of hydrogen-bond donors (Lipinski definition) is 22. The summed E-state index contributed by atoms with van der Waals surface area (Å²) in [5.41, 5.74) is 10.4. The van der Waals surface area contributed by atoms with Crippen LogP contribution in [0.2, 0.25) is 0 Å². The number of hydrogen-bond acceptors (Lipinski definition) is 28. The Labute approximate surface area is 800 Å². The minimum atomic E-state index is -2.16. The summed E-state index contributed by atoms with van der Waals surface area (Å²) in [5.74, 6) is -15.6. The standard InChI is InChI=1S/C94H115N21O25/c1-5-71(117)99-27-12-10-21-59(107-87(129)62(30-48-38-101-57-19-8-6-16-52(48)57)109-89(131)64(32-50-40-97-44-104-50)112-86(128)60-25-26-72(118)106-60)85(127)111-65(33-51-41-98-45-105-51)90(132)113-66(35-74(120)121)91(133)110-63(31-49-39-102-58-20-9-7-17-53(49)58)88(130)108-61(93(135)115-29-15-23-67(115)92(134)103-42-70(96)116)22-11-13-28-100-73(119)43-138-114-47(3)94(136)36-55-77(69(37-94)140-75-34-56(95)80(122)46(2)139-75)84(126)79-78(82(55)124)81(123)54-18-14-24-68(137-4)76(54)83(79)125/h6-9,14,16-20,24,38-41,44-46,56,59-67,69,75,80,101-102,122,124,126,136H,5,10-13,15,21-23,25-37,42-43,95H2,1-4H3,(H2,96,116)(H,97,104)(H,98,105)(H,99,117)(H,100,119)(H,103,134)(H,106,118)(H,107,129)(H,108,130)(H,109,131)(H,110,133)(H,111,127)(H,112,128)(H,113,132)(H,120,121)/b114-47+/t46-,56-,59-,60-,61-,62-,63-,64-,65-,66-,67-,69-,75-,80+,94-/m0/s1. The van der Waals surface area contributed by atoms with Gasteiger partial charge in [0, 0.05) is 158 Å². The van der Waals surface area contributed by atoms with E-state index in [1.807, 2.05) is 0 Å². The van der Waals surface area contributed by atoms with Crippen LogP contribution in [0.5, 0.6) is 17.2 Å². The van der Waals surface area contributed by atoms with Gasteiger partial charge in [0.15, 0.2) is 18.7 Å². The Morgan fingerprint density at radius 3 is 1.76 bits per heavy atom. The molecule has 46 nitrogen and oxygen atoms in total. The number of H-pyrrole nitrogens is 4. The number of para-hydroxylation sites is 2. The van der Waals surface area contributed by atoms with Crippen molar-refractivity contribution in [3.8, 4) is 17.2 Å². The fourth-order valence-electron chi connectivity index (χ4n) is 18.1. The number of aliphatic hydroxyl groups excluding tert-OH is 1. The zero-order valence-electron chi connectivity index (χ0n) is 77.2. The van der Waals surface area contributed by atoms with Gasteiger partial charge >= 0.3 is 5.97 Å². The average molecular weight is 1940 g/mol.